The number of nitrogens with one attached hydrogen (secondary N) is 1. The van der Waals surface area contributed by atoms with Gasteiger partial charge in [0.15, 0.2) is 5.82 Å². The molecule has 0 aliphatic rings. The Hall–Kier alpha value is -2.54. The molecule has 0 saturated heterocycles. The summed E-state index contributed by atoms with van der Waals surface area (Å²) in [6.45, 7) is 0. The Morgan fingerprint density at radius 3 is 2.71 bits per heavy atom. The summed E-state index contributed by atoms with van der Waals surface area (Å²) in [6.07, 6.45) is 1.54. The van der Waals surface area contributed by atoms with Crippen molar-refractivity contribution in [3.63, 3.8) is 0 Å². The SMILES string of the molecule is NNc1nncc2nnn(-c3ccccc3)c12. The third-order valence-electron chi connectivity index (χ3n) is 2.40. The second-order valence-corrected chi connectivity index (χ2v) is 3.41. The number of nitrogens with zero attached hydrogens (tertiary/aromatic N) is 5. The number of anilines is 1. The standard InChI is InChI=1S/C10H9N7/c11-13-10-9-8(6-12-15-10)14-16-17(9)7-4-2-1-3-5-7/h1-6H,11H2,(H,13,15). The van der Waals surface area contributed by atoms with E-state index in [0.717, 1.165) is 5.69 Å². The van der Waals surface area contributed by atoms with Crippen LogP contribution < -0.4 is 11.3 Å². The molecule has 3 aromatic rings. The van der Waals surface area contributed by atoms with Crippen LogP contribution in [-0.4, -0.2) is 25.2 Å². The number of hydrogen-bond acceptors (Lipinski definition) is 6. The number of hydrazine groups is 1. The van der Waals surface area contributed by atoms with Crippen molar-refractivity contribution < 1.29 is 0 Å². The van der Waals surface area contributed by atoms with Crippen molar-refractivity contribution in [3.05, 3.63) is 36.5 Å². The van der Waals surface area contributed by atoms with Gasteiger partial charge in [0.2, 0.25) is 0 Å². The van der Waals surface area contributed by atoms with E-state index in [1.807, 2.05) is 30.3 Å². The number of para-hydroxylation sites is 1. The van der Waals surface area contributed by atoms with E-state index in [1.165, 1.54) is 0 Å². The average Bonchev–Trinajstić information content (AvgIpc) is 2.83. The summed E-state index contributed by atoms with van der Waals surface area (Å²) in [7, 11) is 0. The lowest BCUT2D eigenvalue weighted by molar-refractivity contribution is 0.823. The first-order valence-corrected chi connectivity index (χ1v) is 4.99. The first-order valence-electron chi connectivity index (χ1n) is 4.99. The zero-order chi connectivity index (χ0) is 11.7. The van der Waals surface area contributed by atoms with Gasteiger partial charge in [-0.2, -0.15) is 5.10 Å². The van der Waals surface area contributed by atoms with E-state index < -0.39 is 0 Å². The summed E-state index contributed by atoms with van der Waals surface area (Å²) in [5.74, 6) is 5.84. The molecule has 0 fully saturated rings. The van der Waals surface area contributed by atoms with Gasteiger partial charge in [-0.25, -0.2) is 10.5 Å². The Balaban J connectivity index is 2.31. The molecule has 17 heavy (non-hydrogen) atoms. The molecule has 3 N–H and O–H groups in total. The van der Waals surface area contributed by atoms with Gasteiger partial charge in [-0.1, -0.05) is 23.4 Å². The minimum atomic E-state index is 0.441. The zero-order valence-electron chi connectivity index (χ0n) is 8.78. The predicted octanol–water partition coefficient (Wildman–Crippen LogP) is 0.496. The molecule has 0 amide bonds. The highest BCUT2D eigenvalue weighted by Crippen LogP contribution is 2.20. The van der Waals surface area contributed by atoms with Gasteiger partial charge in [-0.15, -0.1) is 10.2 Å². The number of nitrogen functional groups attached to an aromatic ring is 1. The number of fused-ring (bicyclic) bond motifs is 1. The fraction of sp³-hybridized carbons (Fsp3) is 0. The molecular weight excluding hydrogens is 218 g/mol. The lowest BCUT2D eigenvalue weighted by Crippen LogP contribution is -2.11. The van der Waals surface area contributed by atoms with E-state index in [-0.39, 0.29) is 0 Å². The summed E-state index contributed by atoms with van der Waals surface area (Å²) in [6, 6.07) is 9.63. The molecular formula is C10H9N7. The van der Waals surface area contributed by atoms with Crippen LogP contribution in [0.2, 0.25) is 0 Å². The maximum Gasteiger partial charge on any atom is 0.191 e. The van der Waals surface area contributed by atoms with Gasteiger partial charge in [0.25, 0.3) is 0 Å². The third kappa shape index (κ3) is 1.49. The van der Waals surface area contributed by atoms with Crippen LogP contribution in [0.4, 0.5) is 5.82 Å². The molecule has 0 saturated carbocycles. The molecule has 0 radical (unpaired) electrons. The molecule has 0 aliphatic heterocycles. The molecule has 2 aromatic heterocycles. The van der Waals surface area contributed by atoms with Crippen molar-refractivity contribution in [1.29, 1.82) is 0 Å². The maximum atomic E-state index is 5.40. The largest absolute Gasteiger partial charge is 0.305 e. The quantitative estimate of drug-likeness (QED) is 0.489. The van der Waals surface area contributed by atoms with E-state index in [0.29, 0.717) is 16.9 Å². The minimum Gasteiger partial charge on any atom is -0.305 e. The molecule has 0 bridgehead atoms. The lowest BCUT2D eigenvalue weighted by Gasteiger charge is -2.04. The summed E-state index contributed by atoms with van der Waals surface area (Å²) in [5.41, 5.74) is 4.72. The van der Waals surface area contributed by atoms with Gasteiger partial charge < -0.3 is 5.43 Å². The van der Waals surface area contributed by atoms with Gasteiger partial charge >= 0.3 is 0 Å². The fourth-order valence-corrected chi connectivity index (χ4v) is 1.64. The van der Waals surface area contributed by atoms with E-state index in [9.17, 15) is 0 Å². The van der Waals surface area contributed by atoms with Crippen molar-refractivity contribution in [2.24, 2.45) is 5.84 Å². The van der Waals surface area contributed by atoms with Crippen LogP contribution in [0.1, 0.15) is 0 Å². The molecule has 7 nitrogen and oxygen atoms in total. The summed E-state index contributed by atoms with van der Waals surface area (Å²) >= 11 is 0. The Morgan fingerprint density at radius 2 is 1.94 bits per heavy atom. The zero-order valence-corrected chi connectivity index (χ0v) is 8.78. The van der Waals surface area contributed by atoms with Crippen LogP contribution in [0.5, 0.6) is 0 Å². The maximum absolute atomic E-state index is 5.40. The highest BCUT2D eigenvalue weighted by Gasteiger charge is 2.11. The van der Waals surface area contributed by atoms with E-state index in [2.05, 4.69) is 25.9 Å². The van der Waals surface area contributed by atoms with Crippen LogP contribution in [-0.2, 0) is 0 Å². The van der Waals surface area contributed by atoms with Crippen molar-refractivity contribution in [2.45, 2.75) is 0 Å². The third-order valence-corrected chi connectivity index (χ3v) is 2.40. The van der Waals surface area contributed by atoms with Crippen LogP contribution >= 0.6 is 0 Å². The summed E-state index contributed by atoms with van der Waals surface area (Å²) < 4.78 is 1.67. The van der Waals surface area contributed by atoms with Gasteiger partial charge in [0.1, 0.15) is 11.0 Å². The van der Waals surface area contributed by atoms with E-state index in [4.69, 9.17) is 5.84 Å². The molecule has 1 aromatic carbocycles. The number of hydrogen-bond donors (Lipinski definition) is 2. The van der Waals surface area contributed by atoms with Crippen molar-refractivity contribution in [3.8, 4) is 5.69 Å². The molecule has 0 spiro atoms. The number of aromatic nitrogens is 5. The number of rotatable bonds is 2. The Morgan fingerprint density at radius 1 is 1.12 bits per heavy atom. The molecule has 0 aliphatic carbocycles. The molecule has 0 atom stereocenters. The normalized spacial score (nSPS) is 10.6. The van der Waals surface area contributed by atoms with Crippen LogP contribution in [0.15, 0.2) is 36.5 Å². The summed E-state index contributed by atoms with van der Waals surface area (Å²) in [5, 5.41) is 15.8. The van der Waals surface area contributed by atoms with Crippen molar-refractivity contribution >= 4 is 16.9 Å². The highest BCUT2D eigenvalue weighted by molar-refractivity contribution is 5.85. The van der Waals surface area contributed by atoms with Crippen LogP contribution in [0, 0.1) is 0 Å². The van der Waals surface area contributed by atoms with Gasteiger partial charge in [-0.05, 0) is 12.1 Å². The molecule has 0 unspecified atom stereocenters. The van der Waals surface area contributed by atoms with Crippen molar-refractivity contribution in [2.75, 3.05) is 5.43 Å². The Kier molecular flexibility index (Phi) is 2.16. The van der Waals surface area contributed by atoms with E-state index >= 15 is 0 Å². The van der Waals surface area contributed by atoms with Crippen LogP contribution in [0.3, 0.4) is 0 Å². The highest BCUT2D eigenvalue weighted by atomic mass is 15.4. The lowest BCUT2D eigenvalue weighted by atomic mass is 10.3. The smallest absolute Gasteiger partial charge is 0.191 e. The predicted molar refractivity (Wildman–Crippen MR) is 62.3 cm³/mol. The summed E-state index contributed by atoms with van der Waals surface area (Å²) in [4.78, 5) is 0. The first-order chi connectivity index (χ1) is 8.40. The minimum absolute atomic E-state index is 0.441. The molecule has 3 rings (SSSR count). The van der Waals surface area contributed by atoms with Gasteiger partial charge in [0.05, 0.1) is 11.9 Å². The number of benzene rings is 1. The molecule has 84 valence electrons. The monoisotopic (exact) mass is 227 g/mol. The molecule has 2 heterocycles. The second-order valence-electron chi connectivity index (χ2n) is 3.41. The number of nitrogens with two attached hydrogens (primary N) is 1. The second kappa shape index (κ2) is 3.80. The Labute approximate surface area is 96.2 Å². The molecule has 7 heteroatoms. The fourth-order valence-electron chi connectivity index (χ4n) is 1.64. The van der Waals surface area contributed by atoms with E-state index in [1.54, 1.807) is 10.9 Å². The van der Waals surface area contributed by atoms with Gasteiger partial charge in [-0.3, -0.25) is 0 Å². The average molecular weight is 227 g/mol. The first kappa shape index (κ1) is 9.67. The Bertz CT molecular complexity index is 646. The van der Waals surface area contributed by atoms with Gasteiger partial charge in [0, 0.05) is 0 Å². The topological polar surface area (TPSA) is 94.5 Å². The van der Waals surface area contributed by atoms with Crippen LogP contribution in [0.25, 0.3) is 16.7 Å². The van der Waals surface area contributed by atoms with Crippen molar-refractivity contribution in [1.82, 2.24) is 25.2 Å².